The zero-order valence-corrected chi connectivity index (χ0v) is 29.3. The average molecular weight is 677 g/mol. The van der Waals surface area contributed by atoms with Crippen LogP contribution < -0.4 is 31.1 Å². The molecule has 244 valence electrons. The number of aliphatic hydroxyl groups is 1. The van der Waals surface area contributed by atoms with E-state index in [-0.39, 0.29) is 12.0 Å². The Morgan fingerprint density at radius 2 is 0.714 bits per heavy atom. The Morgan fingerprint density at radius 1 is 0.429 bits per heavy atom. The van der Waals surface area contributed by atoms with Crippen molar-refractivity contribution in [1.29, 1.82) is 0 Å². The number of rotatable bonds is 10. The molecule has 6 heteroatoms. The zero-order valence-electron chi connectivity index (χ0n) is 27.3. The molecule has 2 aliphatic rings. The van der Waals surface area contributed by atoms with Crippen molar-refractivity contribution in [2.24, 2.45) is 5.92 Å². The van der Waals surface area contributed by atoms with Gasteiger partial charge in [0.25, 0.3) is 16.6 Å². The Kier molecular flexibility index (Phi) is 8.99. The van der Waals surface area contributed by atoms with Crippen LogP contribution in [0.4, 0.5) is 0 Å². The first-order valence-electron chi connectivity index (χ1n) is 17.2. The maximum absolute atomic E-state index is 12.7. The van der Waals surface area contributed by atoms with Gasteiger partial charge >= 0.3 is 0 Å². The second kappa shape index (κ2) is 13.8. The van der Waals surface area contributed by atoms with Gasteiger partial charge in [0, 0.05) is 5.92 Å². The predicted octanol–water partition coefficient (Wildman–Crippen LogP) is 3.87. The lowest BCUT2D eigenvalue weighted by molar-refractivity contribution is -0.104. The molecule has 1 saturated carbocycles. The van der Waals surface area contributed by atoms with Crippen molar-refractivity contribution in [1.82, 2.24) is 0 Å². The highest BCUT2D eigenvalue weighted by molar-refractivity contribution is 7.07. The highest BCUT2D eigenvalue weighted by atomic mass is 28.4. The number of ether oxygens (including phenoxy) is 1. The minimum Gasteiger partial charge on any atom is -0.398 e. The van der Waals surface area contributed by atoms with Crippen molar-refractivity contribution in [3.63, 3.8) is 0 Å². The fourth-order valence-corrected chi connectivity index (χ4v) is 16.2. The summed E-state index contributed by atoms with van der Waals surface area (Å²) in [7, 11) is -6.29. The molecule has 1 heterocycles. The van der Waals surface area contributed by atoms with Crippen LogP contribution in [0.5, 0.6) is 0 Å². The number of hydrogen-bond donors (Lipinski definition) is 1. The lowest BCUT2D eigenvalue weighted by atomic mass is 9.84. The van der Waals surface area contributed by atoms with Crippen LogP contribution in [0, 0.1) is 5.92 Å². The quantitative estimate of drug-likeness (QED) is 0.177. The molecule has 1 saturated heterocycles. The van der Waals surface area contributed by atoms with Gasteiger partial charge in [-0.25, -0.2) is 0 Å². The molecule has 4 nitrogen and oxygen atoms in total. The van der Waals surface area contributed by atoms with Gasteiger partial charge in [-0.15, -0.1) is 0 Å². The van der Waals surface area contributed by atoms with Gasteiger partial charge in [0.2, 0.25) is 0 Å². The monoisotopic (exact) mass is 676 g/mol. The fourth-order valence-electron chi connectivity index (χ4n) is 7.99. The van der Waals surface area contributed by atoms with E-state index >= 15 is 0 Å². The number of benzene rings is 6. The largest absolute Gasteiger partial charge is 0.398 e. The van der Waals surface area contributed by atoms with Gasteiger partial charge in [-0.3, -0.25) is 0 Å². The van der Waals surface area contributed by atoms with E-state index in [0.29, 0.717) is 6.61 Å². The Balaban J connectivity index is 1.27. The molecule has 49 heavy (non-hydrogen) atoms. The van der Waals surface area contributed by atoms with Crippen LogP contribution in [0.1, 0.15) is 6.42 Å². The third kappa shape index (κ3) is 5.74. The van der Waals surface area contributed by atoms with Gasteiger partial charge in [0.05, 0.1) is 18.8 Å². The number of hydrogen-bond acceptors (Lipinski definition) is 4. The summed E-state index contributed by atoms with van der Waals surface area (Å²) in [5.41, 5.74) is 0. The third-order valence-electron chi connectivity index (χ3n) is 10.3. The molecule has 6 aromatic rings. The maximum Gasteiger partial charge on any atom is 0.288 e. The molecule has 1 aliphatic carbocycles. The zero-order chi connectivity index (χ0) is 33.1. The Bertz CT molecular complexity index is 1590. The maximum atomic E-state index is 12.7. The molecule has 0 aromatic heterocycles. The van der Waals surface area contributed by atoms with Gasteiger partial charge in [-0.2, -0.15) is 0 Å². The van der Waals surface area contributed by atoms with Crippen LogP contribution in [-0.4, -0.2) is 52.8 Å². The van der Waals surface area contributed by atoms with Crippen LogP contribution in [0.2, 0.25) is 0 Å². The molecule has 2 fully saturated rings. The summed E-state index contributed by atoms with van der Waals surface area (Å²) in [6.07, 6.45) is -1.52. The van der Waals surface area contributed by atoms with Crippen molar-refractivity contribution in [3.05, 3.63) is 182 Å². The first-order chi connectivity index (χ1) is 24.2. The van der Waals surface area contributed by atoms with Crippen molar-refractivity contribution >= 4 is 47.8 Å². The van der Waals surface area contributed by atoms with Crippen LogP contribution >= 0.6 is 0 Å². The van der Waals surface area contributed by atoms with Crippen LogP contribution in [-0.2, 0) is 13.6 Å². The minimum atomic E-state index is -3.16. The molecule has 2 bridgehead atoms. The van der Waals surface area contributed by atoms with Gasteiger partial charge < -0.3 is 18.7 Å². The lowest BCUT2D eigenvalue weighted by Crippen LogP contribution is -2.74. The predicted molar refractivity (Wildman–Crippen MR) is 202 cm³/mol. The first kappa shape index (κ1) is 31.8. The molecular formula is C43H40O4Si2. The van der Waals surface area contributed by atoms with E-state index in [4.69, 9.17) is 13.6 Å². The molecule has 1 aliphatic heterocycles. The standard InChI is InChI=1S/C43H40O4Si2/c44-41-42(46-48(34-19-7-1-8-20-34,35-21-9-2-10-22-35)36-23-11-3-12-24-36)33-31-40(45-32-33)43(41)47-49(37-25-13-4-14-26-37,38-27-15-5-16-28-38)39-29-17-6-18-30-39/h1-30,33,40-44H,31-32H2/t33-,40-,41+,42-,43+/m1/s1. The highest BCUT2D eigenvalue weighted by Gasteiger charge is 2.57. The molecule has 0 amide bonds. The van der Waals surface area contributed by atoms with E-state index < -0.39 is 34.9 Å². The summed E-state index contributed by atoms with van der Waals surface area (Å²) in [4.78, 5) is 0. The second-order valence-electron chi connectivity index (χ2n) is 13.1. The topological polar surface area (TPSA) is 47.9 Å². The van der Waals surface area contributed by atoms with Crippen LogP contribution in [0.25, 0.3) is 0 Å². The van der Waals surface area contributed by atoms with Crippen molar-refractivity contribution in [2.75, 3.05) is 6.61 Å². The van der Waals surface area contributed by atoms with Crippen molar-refractivity contribution in [3.8, 4) is 0 Å². The number of aliphatic hydroxyl groups excluding tert-OH is 1. The second-order valence-corrected chi connectivity index (χ2v) is 19.7. The molecule has 0 unspecified atom stereocenters. The van der Waals surface area contributed by atoms with Crippen LogP contribution in [0.3, 0.4) is 0 Å². The van der Waals surface area contributed by atoms with Crippen molar-refractivity contribution < 1.29 is 18.7 Å². The molecule has 8 rings (SSSR count). The summed E-state index contributed by atoms with van der Waals surface area (Å²) in [5.74, 6) is 0.0316. The normalized spacial score (nSPS) is 22.1. The Morgan fingerprint density at radius 3 is 1.02 bits per heavy atom. The molecule has 0 radical (unpaired) electrons. The molecule has 5 atom stereocenters. The Labute approximate surface area is 290 Å². The van der Waals surface area contributed by atoms with Gasteiger partial charge in [0.1, 0.15) is 12.2 Å². The van der Waals surface area contributed by atoms with Crippen molar-refractivity contribution in [2.45, 2.75) is 30.8 Å². The highest BCUT2D eigenvalue weighted by Crippen LogP contribution is 2.39. The van der Waals surface area contributed by atoms with E-state index in [9.17, 15) is 5.11 Å². The summed E-state index contributed by atoms with van der Waals surface area (Å²) in [5, 5.41) is 19.5. The van der Waals surface area contributed by atoms with Gasteiger partial charge in [-0.1, -0.05) is 182 Å². The van der Waals surface area contributed by atoms with E-state index in [0.717, 1.165) is 37.5 Å². The van der Waals surface area contributed by atoms with Crippen LogP contribution in [0.15, 0.2) is 182 Å². The summed E-state index contributed by atoms with van der Waals surface area (Å²) >= 11 is 0. The van der Waals surface area contributed by atoms with E-state index in [1.807, 2.05) is 36.4 Å². The SMILES string of the molecule is O[C@H]1[C@H](O[Si](c2ccccc2)(c2ccccc2)c2ccccc2)[C@H]2CO[C@H](C2)[C@@H]1O[Si](c1ccccc1)(c1ccccc1)c1ccccc1. The van der Waals surface area contributed by atoms with E-state index in [1.54, 1.807) is 0 Å². The first-order valence-corrected chi connectivity index (χ1v) is 21.0. The average Bonchev–Trinajstić information content (AvgIpc) is 3.63. The molecule has 0 spiro atoms. The fraction of sp³-hybridized carbons (Fsp3) is 0.163. The van der Waals surface area contributed by atoms with E-state index in [1.165, 1.54) is 0 Å². The van der Waals surface area contributed by atoms with E-state index in [2.05, 4.69) is 146 Å². The summed E-state index contributed by atoms with van der Waals surface area (Å²) in [6, 6.07) is 63.4. The minimum absolute atomic E-state index is 0.0316. The van der Waals surface area contributed by atoms with Gasteiger partial charge in [0.15, 0.2) is 0 Å². The Hall–Kier alpha value is -4.41. The smallest absolute Gasteiger partial charge is 0.288 e. The summed E-state index contributed by atoms with van der Waals surface area (Å²) in [6.45, 7) is 0.520. The summed E-state index contributed by atoms with van der Waals surface area (Å²) < 4.78 is 21.9. The number of fused-ring (bicyclic) bond motifs is 2. The lowest BCUT2D eigenvalue weighted by Gasteiger charge is -2.46. The van der Waals surface area contributed by atoms with Gasteiger partial charge in [-0.05, 0) is 37.5 Å². The molecule has 1 N–H and O–H groups in total. The third-order valence-corrected chi connectivity index (χ3v) is 18.4. The molecule has 6 aromatic carbocycles. The molecular weight excluding hydrogens is 637 g/mol.